The van der Waals surface area contributed by atoms with Crippen molar-refractivity contribution in [1.82, 2.24) is 19.5 Å². The Morgan fingerprint density at radius 1 is 0.778 bits per heavy atom. The number of carbonyl (C=O) groups is 3. The van der Waals surface area contributed by atoms with Crippen molar-refractivity contribution in [2.24, 2.45) is 0 Å². The zero-order valence-electron chi connectivity index (χ0n) is 24.6. The SMILES string of the molecule is Cc1nc(N)nc2c1ncn2COC(COC(=O)c1ccccc1)C(OC(=O)c1ccccc1)C(C)OC(=O)c1ccccc1. The van der Waals surface area contributed by atoms with Crippen molar-refractivity contribution in [1.29, 1.82) is 0 Å². The summed E-state index contributed by atoms with van der Waals surface area (Å²) in [5.74, 6) is -1.87. The largest absolute Gasteiger partial charge is 0.459 e. The summed E-state index contributed by atoms with van der Waals surface area (Å²) in [6.45, 7) is 2.82. The summed E-state index contributed by atoms with van der Waals surface area (Å²) in [5.41, 5.74) is 8.30. The lowest BCUT2D eigenvalue weighted by Crippen LogP contribution is -2.46. The Morgan fingerprint density at radius 2 is 1.31 bits per heavy atom. The Kier molecular flexibility index (Phi) is 9.75. The predicted octanol–water partition coefficient (Wildman–Crippen LogP) is 4.39. The summed E-state index contributed by atoms with van der Waals surface area (Å²) in [5, 5.41) is 0. The lowest BCUT2D eigenvalue weighted by Gasteiger charge is -2.31. The van der Waals surface area contributed by atoms with Crippen LogP contribution in [0.3, 0.4) is 0 Å². The number of nitrogen functional groups attached to an aromatic ring is 1. The van der Waals surface area contributed by atoms with Crippen molar-refractivity contribution in [2.75, 3.05) is 12.3 Å². The van der Waals surface area contributed by atoms with Crippen LogP contribution in [0, 0.1) is 6.92 Å². The van der Waals surface area contributed by atoms with Gasteiger partial charge in [0.05, 0.1) is 28.7 Å². The number of imidazole rings is 1. The summed E-state index contributed by atoms with van der Waals surface area (Å²) in [7, 11) is 0. The second kappa shape index (κ2) is 14.2. The van der Waals surface area contributed by atoms with Crippen LogP contribution in [0.25, 0.3) is 11.2 Å². The quantitative estimate of drug-likeness (QED) is 0.158. The first-order valence-corrected chi connectivity index (χ1v) is 14.1. The summed E-state index contributed by atoms with van der Waals surface area (Å²) >= 11 is 0. The Balaban J connectivity index is 1.45. The third-order valence-electron chi connectivity index (χ3n) is 6.86. The number of nitrogens with two attached hydrogens (primary N) is 1. The standard InChI is InChI=1S/C33H31N5O7/c1-21-27-29(37-33(34)36-21)38(19-35-27)20-43-26(18-42-30(39)23-12-6-3-7-13-23)28(45-32(41)25-16-10-5-11-17-25)22(2)44-31(40)24-14-8-4-9-15-24/h3-17,19,22,26,28H,18,20H2,1-2H3,(H2,34,36,37). The molecule has 5 rings (SSSR count). The number of aromatic nitrogens is 4. The van der Waals surface area contributed by atoms with E-state index < -0.39 is 36.2 Å². The topological polar surface area (TPSA) is 158 Å². The number of carbonyl (C=O) groups excluding carboxylic acids is 3. The van der Waals surface area contributed by atoms with Crippen LogP contribution in [-0.4, -0.2) is 62.3 Å². The van der Waals surface area contributed by atoms with Gasteiger partial charge < -0.3 is 24.7 Å². The summed E-state index contributed by atoms with van der Waals surface area (Å²) in [6, 6.07) is 25.1. The molecule has 3 aromatic carbocycles. The molecule has 0 aliphatic rings. The van der Waals surface area contributed by atoms with E-state index in [2.05, 4.69) is 15.0 Å². The van der Waals surface area contributed by atoms with Crippen molar-refractivity contribution >= 4 is 35.0 Å². The Bertz CT molecular complexity index is 1760. The number of anilines is 1. The minimum absolute atomic E-state index is 0.0613. The van der Waals surface area contributed by atoms with Gasteiger partial charge in [0.1, 0.15) is 31.1 Å². The molecule has 3 unspecified atom stereocenters. The first kappa shape index (κ1) is 30.8. The lowest BCUT2D eigenvalue weighted by molar-refractivity contribution is -0.128. The zero-order chi connectivity index (χ0) is 31.8. The zero-order valence-corrected chi connectivity index (χ0v) is 24.6. The number of ether oxygens (including phenoxy) is 4. The van der Waals surface area contributed by atoms with Crippen molar-refractivity contribution < 1.29 is 33.3 Å². The number of fused-ring (bicyclic) bond motifs is 1. The summed E-state index contributed by atoms with van der Waals surface area (Å²) in [4.78, 5) is 52.0. The van der Waals surface area contributed by atoms with Crippen LogP contribution in [0.1, 0.15) is 43.7 Å². The molecule has 0 saturated heterocycles. The van der Waals surface area contributed by atoms with Gasteiger partial charge in [-0.1, -0.05) is 54.6 Å². The van der Waals surface area contributed by atoms with Gasteiger partial charge in [0.2, 0.25) is 5.95 Å². The van der Waals surface area contributed by atoms with Crippen LogP contribution >= 0.6 is 0 Å². The minimum Gasteiger partial charge on any atom is -0.459 e. The molecule has 45 heavy (non-hydrogen) atoms. The van der Waals surface area contributed by atoms with E-state index in [0.29, 0.717) is 28.0 Å². The van der Waals surface area contributed by atoms with Crippen LogP contribution in [0.4, 0.5) is 5.95 Å². The Hall–Kier alpha value is -5.62. The van der Waals surface area contributed by atoms with E-state index in [1.54, 1.807) is 109 Å². The number of aryl methyl sites for hydroxylation is 1. The molecule has 0 spiro atoms. The average Bonchev–Trinajstić information content (AvgIpc) is 3.47. The molecular formula is C33H31N5O7. The van der Waals surface area contributed by atoms with E-state index in [1.807, 2.05) is 0 Å². The smallest absolute Gasteiger partial charge is 0.338 e. The fraction of sp³-hybridized carbons (Fsp3) is 0.212. The molecule has 3 atom stereocenters. The van der Waals surface area contributed by atoms with Gasteiger partial charge in [-0.05, 0) is 50.2 Å². The highest BCUT2D eigenvalue weighted by Crippen LogP contribution is 2.20. The van der Waals surface area contributed by atoms with Crippen LogP contribution in [-0.2, 0) is 25.7 Å². The molecule has 0 aliphatic carbocycles. The molecule has 2 N–H and O–H groups in total. The summed E-state index contributed by atoms with van der Waals surface area (Å²) < 4.78 is 25.1. The molecule has 0 radical (unpaired) electrons. The van der Waals surface area contributed by atoms with Crippen molar-refractivity contribution in [3.8, 4) is 0 Å². The molecule has 0 saturated carbocycles. The maximum atomic E-state index is 13.3. The molecule has 12 nitrogen and oxygen atoms in total. The van der Waals surface area contributed by atoms with Crippen molar-refractivity contribution in [3.63, 3.8) is 0 Å². The van der Waals surface area contributed by atoms with E-state index in [-0.39, 0.29) is 24.8 Å². The maximum Gasteiger partial charge on any atom is 0.338 e. The Morgan fingerprint density at radius 3 is 1.89 bits per heavy atom. The van der Waals surface area contributed by atoms with Gasteiger partial charge in [0, 0.05) is 0 Å². The van der Waals surface area contributed by atoms with Crippen LogP contribution in [0.15, 0.2) is 97.3 Å². The van der Waals surface area contributed by atoms with Crippen LogP contribution < -0.4 is 5.73 Å². The number of benzene rings is 3. The molecular weight excluding hydrogens is 578 g/mol. The van der Waals surface area contributed by atoms with Crippen molar-refractivity contribution in [3.05, 3.63) is 120 Å². The third-order valence-corrected chi connectivity index (χ3v) is 6.86. The van der Waals surface area contributed by atoms with Crippen LogP contribution in [0.2, 0.25) is 0 Å². The molecule has 12 heteroatoms. The van der Waals surface area contributed by atoms with E-state index >= 15 is 0 Å². The Labute approximate surface area is 258 Å². The van der Waals surface area contributed by atoms with Crippen molar-refractivity contribution in [2.45, 2.75) is 38.9 Å². The number of rotatable bonds is 12. The maximum absolute atomic E-state index is 13.3. The lowest BCUT2D eigenvalue weighted by atomic mass is 10.1. The molecule has 0 aliphatic heterocycles. The van der Waals surface area contributed by atoms with Gasteiger partial charge >= 0.3 is 17.9 Å². The first-order valence-electron chi connectivity index (χ1n) is 14.1. The minimum atomic E-state index is -1.22. The van der Waals surface area contributed by atoms with Gasteiger partial charge in [-0.25, -0.2) is 24.4 Å². The highest BCUT2D eigenvalue weighted by atomic mass is 16.6. The fourth-order valence-electron chi connectivity index (χ4n) is 4.55. The molecule has 0 fully saturated rings. The van der Waals surface area contributed by atoms with Gasteiger partial charge in [-0.2, -0.15) is 4.98 Å². The van der Waals surface area contributed by atoms with E-state index in [9.17, 15) is 14.4 Å². The average molecular weight is 610 g/mol. The van der Waals surface area contributed by atoms with Gasteiger partial charge in [0.15, 0.2) is 11.8 Å². The number of hydrogen-bond donors (Lipinski definition) is 1. The molecule has 2 heterocycles. The number of hydrogen-bond acceptors (Lipinski definition) is 11. The molecule has 5 aromatic rings. The van der Waals surface area contributed by atoms with Gasteiger partial charge in [-0.15, -0.1) is 0 Å². The van der Waals surface area contributed by atoms with Gasteiger partial charge in [0.25, 0.3) is 0 Å². The van der Waals surface area contributed by atoms with Crippen LogP contribution in [0.5, 0.6) is 0 Å². The number of nitrogens with zero attached hydrogens (tertiary/aromatic N) is 4. The van der Waals surface area contributed by atoms with Gasteiger partial charge in [-0.3, -0.25) is 4.57 Å². The molecule has 230 valence electrons. The van der Waals surface area contributed by atoms with E-state index in [4.69, 9.17) is 24.7 Å². The highest BCUT2D eigenvalue weighted by molar-refractivity contribution is 5.90. The molecule has 0 bridgehead atoms. The summed E-state index contributed by atoms with van der Waals surface area (Å²) in [6.07, 6.45) is -1.86. The normalized spacial score (nSPS) is 13.0. The molecule has 2 aromatic heterocycles. The molecule has 0 amide bonds. The second-order valence-electron chi connectivity index (χ2n) is 10.1. The predicted molar refractivity (Wildman–Crippen MR) is 163 cm³/mol. The third kappa shape index (κ3) is 7.67. The van der Waals surface area contributed by atoms with E-state index in [0.717, 1.165) is 0 Å². The van der Waals surface area contributed by atoms with E-state index in [1.165, 1.54) is 6.33 Å². The second-order valence-corrected chi connectivity index (χ2v) is 10.1. The first-order chi connectivity index (χ1) is 21.8. The monoisotopic (exact) mass is 609 g/mol. The highest BCUT2D eigenvalue weighted by Gasteiger charge is 2.36. The number of esters is 3. The fourth-order valence-corrected chi connectivity index (χ4v) is 4.55.